The number of sulfone groups is 1. The first-order valence-electron chi connectivity index (χ1n) is 7.82. The van der Waals surface area contributed by atoms with Gasteiger partial charge < -0.3 is 15.0 Å². The maximum atomic E-state index is 12.0. The van der Waals surface area contributed by atoms with Crippen LogP contribution in [0.2, 0.25) is 0 Å². The zero-order valence-corrected chi connectivity index (χ0v) is 14.9. The topological polar surface area (TPSA) is 92.8 Å². The van der Waals surface area contributed by atoms with Gasteiger partial charge in [0.2, 0.25) is 5.91 Å². The van der Waals surface area contributed by atoms with Gasteiger partial charge in [0.15, 0.2) is 15.6 Å². The summed E-state index contributed by atoms with van der Waals surface area (Å²) in [4.78, 5) is 25.5. The van der Waals surface area contributed by atoms with Crippen LogP contribution in [0.4, 0.5) is 5.69 Å². The average Bonchev–Trinajstić information content (AvgIpc) is 2.52. The molecule has 0 atom stereocenters. The predicted molar refractivity (Wildman–Crippen MR) is 89.9 cm³/mol. The second-order valence-electron chi connectivity index (χ2n) is 6.06. The van der Waals surface area contributed by atoms with Crippen LogP contribution >= 0.6 is 0 Å². The van der Waals surface area contributed by atoms with Gasteiger partial charge in [-0.2, -0.15) is 0 Å². The number of rotatable bonds is 6. The minimum Gasteiger partial charge on any atom is -0.423 e. The number of ether oxygens (including phenoxy) is 1. The molecule has 1 amide bonds. The summed E-state index contributed by atoms with van der Waals surface area (Å²) in [5.41, 5.74) is 0.532. The van der Waals surface area contributed by atoms with Gasteiger partial charge in [-0.1, -0.05) is 20.8 Å². The minimum atomic E-state index is -3.40. The Balaban J connectivity index is 2.23. The van der Waals surface area contributed by atoms with E-state index in [9.17, 15) is 18.0 Å². The number of nitrogens with zero attached hydrogens (tertiary/aromatic N) is 1. The summed E-state index contributed by atoms with van der Waals surface area (Å²) in [5, 5.41) is 2.79. The van der Waals surface area contributed by atoms with Crippen molar-refractivity contribution in [1.29, 1.82) is 0 Å². The van der Waals surface area contributed by atoms with Crippen LogP contribution in [-0.4, -0.2) is 45.7 Å². The van der Waals surface area contributed by atoms with E-state index in [0.717, 1.165) is 0 Å². The lowest BCUT2D eigenvalue weighted by molar-refractivity contribution is -0.133. The highest BCUT2D eigenvalue weighted by atomic mass is 32.2. The molecule has 1 aliphatic heterocycles. The van der Waals surface area contributed by atoms with E-state index < -0.39 is 15.8 Å². The van der Waals surface area contributed by atoms with Crippen LogP contribution in [0, 0.1) is 5.92 Å². The normalized spacial score (nSPS) is 14.3. The van der Waals surface area contributed by atoms with Crippen LogP contribution in [0.1, 0.15) is 20.8 Å². The van der Waals surface area contributed by atoms with Gasteiger partial charge in [0, 0.05) is 12.6 Å². The molecule has 2 rings (SSSR count). The molecule has 1 heterocycles. The standard InChI is InChI=1S/C16H22N2O5S/c1-4-24(21,22)12-5-6-13-14(7-12)23-16(20)10-18(13)9-15(19)17-8-11(2)3/h5-7,11H,4,8-10H2,1-3H3,(H,17,19). The highest BCUT2D eigenvalue weighted by molar-refractivity contribution is 7.91. The van der Waals surface area contributed by atoms with E-state index >= 15 is 0 Å². The highest BCUT2D eigenvalue weighted by Crippen LogP contribution is 2.34. The van der Waals surface area contributed by atoms with Gasteiger partial charge in [-0.15, -0.1) is 0 Å². The Bertz CT molecular complexity index is 743. The van der Waals surface area contributed by atoms with Gasteiger partial charge in [0.05, 0.1) is 22.9 Å². The Hall–Kier alpha value is -2.09. The molecule has 0 radical (unpaired) electrons. The molecular weight excluding hydrogens is 332 g/mol. The molecule has 0 saturated carbocycles. The summed E-state index contributed by atoms with van der Waals surface area (Å²) >= 11 is 0. The van der Waals surface area contributed by atoms with Gasteiger partial charge in [0.1, 0.15) is 6.54 Å². The molecule has 1 aromatic rings. The first-order chi connectivity index (χ1) is 11.2. The maximum absolute atomic E-state index is 12.0. The third-order valence-electron chi connectivity index (χ3n) is 3.60. The molecule has 0 aromatic heterocycles. The fourth-order valence-corrected chi connectivity index (χ4v) is 3.18. The van der Waals surface area contributed by atoms with Crippen LogP contribution in [0.5, 0.6) is 5.75 Å². The first kappa shape index (κ1) is 18.3. The van der Waals surface area contributed by atoms with Crippen molar-refractivity contribution in [3.63, 3.8) is 0 Å². The third-order valence-corrected chi connectivity index (χ3v) is 5.33. The summed E-state index contributed by atoms with van der Waals surface area (Å²) < 4.78 is 29.1. The van der Waals surface area contributed by atoms with Crippen LogP contribution in [0.15, 0.2) is 23.1 Å². The number of hydrogen-bond donors (Lipinski definition) is 1. The molecule has 1 aromatic carbocycles. The summed E-state index contributed by atoms with van der Waals surface area (Å²) in [5.74, 6) is -0.271. The number of hydrogen-bond acceptors (Lipinski definition) is 6. The molecular formula is C16H22N2O5S. The maximum Gasteiger partial charge on any atom is 0.331 e. The number of fused-ring (bicyclic) bond motifs is 1. The Morgan fingerprint density at radius 2 is 2.08 bits per heavy atom. The summed E-state index contributed by atoms with van der Waals surface area (Å²) in [6.45, 7) is 6.04. The van der Waals surface area contributed by atoms with E-state index in [2.05, 4.69) is 5.32 Å². The van der Waals surface area contributed by atoms with Gasteiger partial charge in [-0.05, 0) is 18.1 Å². The van der Waals surface area contributed by atoms with Crippen molar-refractivity contribution in [2.75, 3.05) is 30.3 Å². The van der Waals surface area contributed by atoms with E-state index in [1.807, 2.05) is 13.8 Å². The van der Waals surface area contributed by atoms with Crippen molar-refractivity contribution in [2.45, 2.75) is 25.7 Å². The SMILES string of the molecule is CCS(=O)(=O)c1ccc2c(c1)OC(=O)CN2CC(=O)NCC(C)C. The molecule has 0 fully saturated rings. The van der Waals surface area contributed by atoms with Gasteiger partial charge in [-0.25, -0.2) is 13.2 Å². The van der Waals surface area contributed by atoms with Crippen molar-refractivity contribution in [1.82, 2.24) is 5.32 Å². The zero-order chi connectivity index (χ0) is 17.9. The van der Waals surface area contributed by atoms with Crippen molar-refractivity contribution < 1.29 is 22.7 Å². The monoisotopic (exact) mass is 354 g/mol. The Labute approximate surface area is 141 Å². The number of benzene rings is 1. The number of nitrogens with one attached hydrogen (secondary N) is 1. The van der Waals surface area contributed by atoms with Gasteiger partial charge in [0.25, 0.3) is 0 Å². The molecule has 0 unspecified atom stereocenters. The molecule has 0 aliphatic carbocycles. The van der Waals surface area contributed by atoms with Crippen LogP contribution in [0.3, 0.4) is 0 Å². The second-order valence-corrected chi connectivity index (χ2v) is 8.34. The number of anilines is 1. The Kier molecular flexibility index (Phi) is 5.48. The second kappa shape index (κ2) is 7.21. The van der Waals surface area contributed by atoms with Crippen LogP contribution in [-0.2, 0) is 19.4 Å². The molecule has 7 nitrogen and oxygen atoms in total. The molecule has 0 saturated heterocycles. The molecule has 132 valence electrons. The first-order valence-corrected chi connectivity index (χ1v) is 9.47. The molecule has 0 bridgehead atoms. The Morgan fingerprint density at radius 1 is 1.38 bits per heavy atom. The largest absolute Gasteiger partial charge is 0.423 e. The highest BCUT2D eigenvalue weighted by Gasteiger charge is 2.27. The molecule has 24 heavy (non-hydrogen) atoms. The smallest absolute Gasteiger partial charge is 0.331 e. The zero-order valence-electron chi connectivity index (χ0n) is 14.0. The van der Waals surface area contributed by atoms with E-state index in [0.29, 0.717) is 18.2 Å². The number of esters is 1. The van der Waals surface area contributed by atoms with Crippen molar-refractivity contribution >= 4 is 27.4 Å². The lowest BCUT2D eigenvalue weighted by Crippen LogP contribution is -2.44. The van der Waals surface area contributed by atoms with E-state index in [1.54, 1.807) is 17.9 Å². The molecule has 1 N–H and O–H groups in total. The predicted octanol–water partition coefficient (Wildman–Crippen LogP) is 0.978. The lowest BCUT2D eigenvalue weighted by Gasteiger charge is -2.29. The summed E-state index contributed by atoms with van der Waals surface area (Å²) in [7, 11) is -3.40. The van der Waals surface area contributed by atoms with E-state index in [4.69, 9.17) is 4.74 Å². The average molecular weight is 354 g/mol. The fourth-order valence-electron chi connectivity index (χ4n) is 2.28. The Morgan fingerprint density at radius 3 is 2.71 bits per heavy atom. The van der Waals surface area contributed by atoms with Crippen LogP contribution in [0.25, 0.3) is 0 Å². The molecule has 8 heteroatoms. The van der Waals surface area contributed by atoms with E-state index in [1.165, 1.54) is 12.1 Å². The number of carbonyl (C=O) groups excluding carboxylic acids is 2. The van der Waals surface area contributed by atoms with Gasteiger partial charge >= 0.3 is 5.97 Å². The van der Waals surface area contributed by atoms with E-state index in [-0.39, 0.29) is 35.4 Å². The third kappa shape index (κ3) is 4.25. The summed E-state index contributed by atoms with van der Waals surface area (Å²) in [6.07, 6.45) is 0. The van der Waals surface area contributed by atoms with Gasteiger partial charge in [-0.3, -0.25) is 4.79 Å². The van der Waals surface area contributed by atoms with Crippen molar-refractivity contribution in [3.05, 3.63) is 18.2 Å². The molecule has 0 spiro atoms. The number of carbonyl (C=O) groups is 2. The fraction of sp³-hybridized carbons (Fsp3) is 0.500. The van der Waals surface area contributed by atoms with Crippen molar-refractivity contribution in [3.8, 4) is 5.75 Å². The minimum absolute atomic E-state index is 0.00863. The van der Waals surface area contributed by atoms with Crippen molar-refractivity contribution in [2.24, 2.45) is 5.92 Å². The van der Waals surface area contributed by atoms with Crippen LogP contribution < -0.4 is 15.0 Å². The quantitative estimate of drug-likeness (QED) is 0.605. The molecule has 1 aliphatic rings. The lowest BCUT2D eigenvalue weighted by atomic mass is 10.2. The summed E-state index contributed by atoms with van der Waals surface area (Å²) in [6, 6.07) is 4.38. The number of amides is 1.